The Morgan fingerprint density at radius 2 is 1.59 bits per heavy atom. The van der Waals surface area contributed by atoms with Crippen molar-refractivity contribution in [2.24, 2.45) is 0 Å². The highest BCUT2D eigenvalue weighted by atomic mass is 16.2. The van der Waals surface area contributed by atoms with Gasteiger partial charge in [-0.3, -0.25) is 9.69 Å². The third-order valence-corrected chi connectivity index (χ3v) is 5.98. The Balaban J connectivity index is 1.52. The van der Waals surface area contributed by atoms with Crippen molar-refractivity contribution in [3.05, 3.63) is 24.3 Å². The van der Waals surface area contributed by atoms with Crippen molar-refractivity contribution in [3.8, 4) is 0 Å². The van der Waals surface area contributed by atoms with Crippen LogP contribution in [0.2, 0.25) is 0 Å². The van der Waals surface area contributed by atoms with Gasteiger partial charge in [-0.1, -0.05) is 12.1 Å². The zero-order chi connectivity index (χ0) is 20.6. The third kappa shape index (κ3) is 5.63. The van der Waals surface area contributed by atoms with Crippen LogP contribution in [0.5, 0.6) is 0 Å². The molecule has 0 unspecified atom stereocenters. The van der Waals surface area contributed by atoms with Crippen molar-refractivity contribution < 1.29 is 9.59 Å². The summed E-state index contributed by atoms with van der Waals surface area (Å²) in [6.07, 6.45) is 3.69. The fourth-order valence-corrected chi connectivity index (χ4v) is 4.16. The van der Waals surface area contributed by atoms with Crippen LogP contribution in [-0.4, -0.2) is 85.5 Å². The molecule has 7 nitrogen and oxygen atoms in total. The highest BCUT2D eigenvalue weighted by molar-refractivity contribution is 5.93. The fourth-order valence-electron chi connectivity index (χ4n) is 4.16. The second kappa shape index (κ2) is 10.5. The van der Waals surface area contributed by atoms with E-state index in [-0.39, 0.29) is 11.9 Å². The number of urea groups is 1. The van der Waals surface area contributed by atoms with Crippen LogP contribution in [0.15, 0.2) is 24.3 Å². The molecule has 0 aliphatic carbocycles. The summed E-state index contributed by atoms with van der Waals surface area (Å²) < 4.78 is 0. The zero-order valence-corrected chi connectivity index (χ0v) is 17.9. The Morgan fingerprint density at radius 1 is 0.931 bits per heavy atom. The highest BCUT2D eigenvalue weighted by Crippen LogP contribution is 2.28. The van der Waals surface area contributed by atoms with E-state index >= 15 is 0 Å². The van der Waals surface area contributed by atoms with Crippen molar-refractivity contribution in [1.29, 1.82) is 0 Å². The Kier molecular flexibility index (Phi) is 7.75. The van der Waals surface area contributed by atoms with E-state index in [1.807, 2.05) is 41.8 Å². The summed E-state index contributed by atoms with van der Waals surface area (Å²) >= 11 is 0. The summed E-state index contributed by atoms with van der Waals surface area (Å²) in [7, 11) is 0. The molecule has 3 rings (SSSR count). The van der Waals surface area contributed by atoms with Crippen LogP contribution >= 0.6 is 0 Å². The molecule has 0 atom stereocenters. The standard InChI is InChI=1S/C22H35N5O2/c1-3-25(4-2)21(28)18-24-14-16-27(17-15-24)22(29)23-19-10-6-7-11-20(19)26-12-8-5-9-13-26/h6-7,10-11H,3-5,8-9,12-18H2,1-2H3,(H,23,29). The van der Waals surface area contributed by atoms with Crippen molar-refractivity contribution in [1.82, 2.24) is 14.7 Å². The molecule has 0 radical (unpaired) electrons. The monoisotopic (exact) mass is 401 g/mol. The second-order valence-electron chi connectivity index (χ2n) is 7.82. The zero-order valence-electron chi connectivity index (χ0n) is 17.9. The number of carbonyl (C=O) groups excluding carboxylic acids is 2. The van der Waals surface area contributed by atoms with E-state index in [4.69, 9.17) is 0 Å². The topological polar surface area (TPSA) is 59.1 Å². The van der Waals surface area contributed by atoms with E-state index in [1.165, 1.54) is 19.3 Å². The second-order valence-corrected chi connectivity index (χ2v) is 7.82. The molecule has 2 saturated heterocycles. The fraction of sp³-hybridized carbons (Fsp3) is 0.636. The molecule has 1 aromatic rings. The van der Waals surface area contributed by atoms with Crippen LogP contribution in [0.3, 0.4) is 0 Å². The summed E-state index contributed by atoms with van der Waals surface area (Å²) in [4.78, 5) is 33.4. The summed E-state index contributed by atoms with van der Waals surface area (Å²) in [5.41, 5.74) is 2.00. The molecular formula is C22H35N5O2. The van der Waals surface area contributed by atoms with Crippen molar-refractivity contribution in [3.63, 3.8) is 0 Å². The van der Waals surface area contributed by atoms with Crippen molar-refractivity contribution in [2.75, 3.05) is 69.1 Å². The molecule has 0 aromatic heterocycles. The maximum absolute atomic E-state index is 12.8. The van der Waals surface area contributed by atoms with Crippen LogP contribution in [0.1, 0.15) is 33.1 Å². The number of piperidine rings is 1. The third-order valence-electron chi connectivity index (χ3n) is 5.98. The number of nitrogens with zero attached hydrogens (tertiary/aromatic N) is 4. The van der Waals surface area contributed by atoms with Crippen LogP contribution in [-0.2, 0) is 4.79 Å². The molecule has 2 fully saturated rings. The molecule has 2 heterocycles. The number of likely N-dealkylation sites (N-methyl/N-ethyl adjacent to an activating group) is 1. The molecular weight excluding hydrogens is 366 g/mol. The van der Waals surface area contributed by atoms with Crippen LogP contribution in [0, 0.1) is 0 Å². The van der Waals surface area contributed by atoms with Gasteiger partial charge in [-0.25, -0.2) is 4.79 Å². The molecule has 0 saturated carbocycles. The SMILES string of the molecule is CCN(CC)C(=O)CN1CCN(C(=O)Nc2ccccc2N2CCCCC2)CC1. The Hall–Kier alpha value is -2.28. The van der Waals surface area contributed by atoms with Gasteiger partial charge in [-0.15, -0.1) is 0 Å². The van der Waals surface area contributed by atoms with Gasteiger partial charge in [0.1, 0.15) is 0 Å². The van der Waals surface area contributed by atoms with Crippen LogP contribution < -0.4 is 10.2 Å². The predicted molar refractivity (Wildman–Crippen MR) is 117 cm³/mol. The highest BCUT2D eigenvalue weighted by Gasteiger charge is 2.24. The van der Waals surface area contributed by atoms with Gasteiger partial charge in [-0.2, -0.15) is 0 Å². The average molecular weight is 402 g/mol. The van der Waals surface area contributed by atoms with Crippen molar-refractivity contribution >= 4 is 23.3 Å². The predicted octanol–water partition coefficient (Wildman–Crippen LogP) is 2.69. The normalized spacial score (nSPS) is 17.9. The quantitative estimate of drug-likeness (QED) is 0.796. The first-order chi connectivity index (χ1) is 14.1. The molecule has 2 aliphatic heterocycles. The minimum atomic E-state index is -0.0517. The number of piperazine rings is 1. The number of hydrogen-bond acceptors (Lipinski definition) is 4. The maximum atomic E-state index is 12.8. The minimum Gasteiger partial charge on any atom is -0.370 e. The molecule has 3 amide bonds. The van der Waals surface area contributed by atoms with Crippen LogP contribution in [0.4, 0.5) is 16.2 Å². The summed E-state index contributed by atoms with van der Waals surface area (Å²) in [5.74, 6) is 0.170. The number of anilines is 2. The van der Waals surface area contributed by atoms with Gasteiger partial charge in [0.2, 0.25) is 5.91 Å². The van der Waals surface area contributed by atoms with Gasteiger partial charge in [-0.05, 0) is 45.2 Å². The molecule has 29 heavy (non-hydrogen) atoms. The molecule has 0 bridgehead atoms. The first-order valence-corrected chi connectivity index (χ1v) is 11.0. The number of amides is 3. The molecule has 0 spiro atoms. The van der Waals surface area contributed by atoms with E-state index in [0.29, 0.717) is 19.6 Å². The number of benzene rings is 1. The summed E-state index contributed by atoms with van der Waals surface area (Å²) in [6, 6.07) is 8.04. The van der Waals surface area contributed by atoms with Gasteiger partial charge in [0.15, 0.2) is 0 Å². The Bertz CT molecular complexity index is 678. The lowest BCUT2D eigenvalue weighted by Crippen LogP contribution is -2.52. The average Bonchev–Trinajstić information content (AvgIpc) is 2.76. The maximum Gasteiger partial charge on any atom is 0.321 e. The first kappa shape index (κ1) is 21.4. The minimum absolute atomic E-state index is 0.0517. The van der Waals surface area contributed by atoms with Crippen molar-refractivity contribution in [2.45, 2.75) is 33.1 Å². The Morgan fingerprint density at radius 3 is 2.24 bits per heavy atom. The molecule has 1 N–H and O–H groups in total. The lowest BCUT2D eigenvalue weighted by molar-refractivity contribution is -0.132. The molecule has 2 aliphatic rings. The van der Waals surface area contributed by atoms with E-state index < -0.39 is 0 Å². The largest absolute Gasteiger partial charge is 0.370 e. The van der Waals surface area contributed by atoms with Crippen LogP contribution in [0.25, 0.3) is 0 Å². The molecule has 1 aromatic carbocycles. The number of nitrogens with one attached hydrogen (secondary N) is 1. The van der Waals surface area contributed by atoms with Gasteiger partial charge in [0.25, 0.3) is 0 Å². The summed E-state index contributed by atoms with van der Waals surface area (Å²) in [5, 5.41) is 3.12. The Labute approximate surface area is 174 Å². The number of hydrogen-bond donors (Lipinski definition) is 1. The molecule has 7 heteroatoms. The van der Waals surface area contributed by atoms with Gasteiger partial charge in [0, 0.05) is 52.4 Å². The van der Waals surface area contributed by atoms with E-state index in [9.17, 15) is 9.59 Å². The number of para-hydroxylation sites is 2. The van der Waals surface area contributed by atoms with Gasteiger partial charge >= 0.3 is 6.03 Å². The van der Waals surface area contributed by atoms with E-state index in [2.05, 4.69) is 21.2 Å². The smallest absolute Gasteiger partial charge is 0.321 e. The van der Waals surface area contributed by atoms with Gasteiger partial charge in [0.05, 0.1) is 17.9 Å². The lowest BCUT2D eigenvalue weighted by Gasteiger charge is -2.35. The van der Waals surface area contributed by atoms with E-state index in [1.54, 1.807) is 0 Å². The van der Waals surface area contributed by atoms with Gasteiger partial charge < -0.3 is 20.0 Å². The summed E-state index contributed by atoms with van der Waals surface area (Å²) in [6.45, 7) is 10.8. The first-order valence-electron chi connectivity index (χ1n) is 11.0. The van der Waals surface area contributed by atoms with E-state index in [0.717, 1.165) is 50.6 Å². The number of rotatable bonds is 6. The number of carbonyl (C=O) groups is 2. The molecule has 160 valence electrons. The lowest BCUT2D eigenvalue weighted by atomic mass is 10.1.